The van der Waals surface area contributed by atoms with Gasteiger partial charge in [0.1, 0.15) is 0 Å². The number of thiophene rings is 1. The molecule has 11 rings (SSSR count). The predicted octanol–water partition coefficient (Wildman–Crippen LogP) is 15.5. The van der Waals surface area contributed by atoms with Gasteiger partial charge in [-0.25, -0.2) is 0 Å². The van der Waals surface area contributed by atoms with Gasteiger partial charge in [0.2, 0.25) is 0 Å². The van der Waals surface area contributed by atoms with Crippen molar-refractivity contribution in [3.63, 3.8) is 0 Å². The maximum Gasteiger partial charge on any atom is 0.0476 e. The van der Waals surface area contributed by atoms with Gasteiger partial charge in [0.25, 0.3) is 0 Å². The van der Waals surface area contributed by atoms with Crippen LogP contribution in [0.25, 0.3) is 75.1 Å². The Labute approximate surface area is 325 Å². The molecule has 260 valence electrons. The van der Waals surface area contributed by atoms with E-state index in [1.807, 2.05) is 11.3 Å². The molecule has 1 aliphatic carbocycles. The van der Waals surface area contributed by atoms with Crippen molar-refractivity contribution in [2.24, 2.45) is 0 Å². The van der Waals surface area contributed by atoms with Gasteiger partial charge in [0.15, 0.2) is 0 Å². The zero-order valence-electron chi connectivity index (χ0n) is 30.8. The van der Waals surface area contributed by atoms with Gasteiger partial charge in [-0.1, -0.05) is 141 Å². The number of hydrogen-bond donors (Lipinski definition) is 0. The summed E-state index contributed by atoms with van der Waals surface area (Å²) < 4.78 is 2.62. The van der Waals surface area contributed by atoms with Crippen molar-refractivity contribution in [1.82, 2.24) is 0 Å². The molecule has 0 aliphatic heterocycles. The first-order chi connectivity index (χ1) is 27.0. The second-order valence-corrected chi connectivity index (χ2v) is 16.5. The Kier molecular flexibility index (Phi) is 7.14. The molecule has 0 saturated heterocycles. The smallest absolute Gasteiger partial charge is 0.0476 e. The summed E-state index contributed by atoms with van der Waals surface area (Å²) in [5, 5.41) is 7.66. The van der Waals surface area contributed by atoms with Gasteiger partial charge in [0.05, 0.1) is 0 Å². The number of nitrogens with zero attached hydrogens (tertiary/aromatic N) is 1. The highest BCUT2D eigenvalue weighted by atomic mass is 32.1. The van der Waals surface area contributed by atoms with Crippen LogP contribution in [0.15, 0.2) is 188 Å². The summed E-state index contributed by atoms with van der Waals surface area (Å²) in [5.74, 6) is 0. The fourth-order valence-electron chi connectivity index (χ4n) is 8.91. The molecule has 0 atom stereocenters. The van der Waals surface area contributed by atoms with Crippen LogP contribution >= 0.6 is 11.3 Å². The average Bonchev–Trinajstić information content (AvgIpc) is 3.72. The highest BCUT2D eigenvalue weighted by Crippen LogP contribution is 2.51. The minimum Gasteiger partial charge on any atom is -0.310 e. The summed E-state index contributed by atoms with van der Waals surface area (Å²) >= 11 is 1.87. The maximum absolute atomic E-state index is 2.43. The molecular weight excluding hydrogens is 683 g/mol. The van der Waals surface area contributed by atoms with E-state index in [0.29, 0.717) is 0 Å². The van der Waals surface area contributed by atoms with Gasteiger partial charge < -0.3 is 4.90 Å². The first-order valence-corrected chi connectivity index (χ1v) is 19.9. The second-order valence-electron chi connectivity index (χ2n) is 15.4. The molecule has 1 heterocycles. The van der Waals surface area contributed by atoms with E-state index in [1.54, 1.807) is 0 Å². The van der Waals surface area contributed by atoms with E-state index in [1.165, 1.54) is 91.9 Å². The zero-order chi connectivity index (χ0) is 36.7. The lowest BCUT2D eigenvalue weighted by Crippen LogP contribution is -2.16. The van der Waals surface area contributed by atoms with E-state index in [0.717, 1.165) is 11.4 Å². The lowest BCUT2D eigenvalue weighted by Gasteiger charge is -2.28. The third-order valence-electron chi connectivity index (χ3n) is 11.8. The summed E-state index contributed by atoms with van der Waals surface area (Å²) in [6.07, 6.45) is 0. The Morgan fingerprint density at radius 2 is 0.891 bits per heavy atom. The lowest BCUT2D eigenvalue weighted by molar-refractivity contribution is 0.660. The Morgan fingerprint density at radius 1 is 0.364 bits per heavy atom. The van der Waals surface area contributed by atoms with Crippen molar-refractivity contribution in [2.75, 3.05) is 4.90 Å². The lowest BCUT2D eigenvalue weighted by atomic mass is 9.82. The fourth-order valence-corrected chi connectivity index (χ4v) is 10.0. The topological polar surface area (TPSA) is 3.24 Å². The Balaban J connectivity index is 0.978. The van der Waals surface area contributed by atoms with Crippen LogP contribution in [0.5, 0.6) is 0 Å². The van der Waals surface area contributed by atoms with E-state index >= 15 is 0 Å². The van der Waals surface area contributed by atoms with Crippen LogP contribution in [-0.2, 0) is 5.41 Å². The van der Waals surface area contributed by atoms with Gasteiger partial charge in [0, 0.05) is 42.6 Å². The van der Waals surface area contributed by atoms with Crippen LogP contribution in [0.3, 0.4) is 0 Å². The third-order valence-corrected chi connectivity index (χ3v) is 13.0. The normalized spacial score (nSPS) is 13.1. The number of rotatable bonds is 5. The molecular formula is C53H37NS. The van der Waals surface area contributed by atoms with E-state index in [-0.39, 0.29) is 5.41 Å². The van der Waals surface area contributed by atoms with Crippen molar-refractivity contribution in [2.45, 2.75) is 19.3 Å². The molecule has 0 amide bonds. The first kappa shape index (κ1) is 32.0. The second kappa shape index (κ2) is 12.3. The highest BCUT2D eigenvalue weighted by molar-refractivity contribution is 7.25. The van der Waals surface area contributed by atoms with Gasteiger partial charge >= 0.3 is 0 Å². The van der Waals surface area contributed by atoms with Gasteiger partial charge in [-0.2, -0.15) is 0 Å². The molecule has 0 saturated carbocycles. The van der Waals surface area contributed by atoms with Crippen LogP contribution in [0.2, 0.25) is 0 Å². The summed E-state index contributed by atoms with van der Waals surface area (Å²) in [6.45, 7) is 4.72. The summed E-state index contributed by atoms with van der Waals surface area (Å²) in [7, 11) is 0. The van der Waals surface area contributed by atoms with E-state index in [4.69, 9.17) is 0 Å². The molecule has 0 radical (unpaired) electrons. The van der Waals surface area contributed by atoms with Crippen molar-refractivity contribution < 1.29 is 0 Å². The predicted molar refractivity (Wildman–Crippen MR) is 237 cm³/mol. The third kappa shape index (κ3) is 5.21. The van der Waals surface area contributed by atoms with Crippen LogP contribution in [0, 0.1) is 0 Å². The zero-order valence-corrected chi connectivity index (χ0v) is 31.6. The molecule has 10 aromatic rings. The molecule has 0 spiro atoms. The van der Waals surface area contributed by atoms with Crippen molar-refractivity contribution in [3.8, 4) is 33.4 Å². The van der Waals surface area contributed by atoms with Crippen molar-refractivity contribution in [1.29, 1.82) is 0 Å². The summed E-state index contributed by atoms with van der Waals surface area (Å²) in [6, 6.07) is 69.7. The van der Waals surface area contributed by atoms with E-state index < -0.39 is 0 Å². The number of anilines is 3. The number of benzene rings is 9. The van der Waals surface area contributed by atoms with Gasteiger partial charge in [-0.05, 0) is 127 Å². The fraction of sp³-hybridized carbons (Fsp3) is 0.0566. The molecule has 2 heteroatoms. The molecule has 0 unspecified atom stereocenters. The van der Waals surface area contributed by atoms with Crippen LogP contribution in [-0.4, -0.2) is 0 Å². The van der Waals surface area contributed by atoms with Crippen LogP contribution < -0.4 is 4.90 Å². The van der Waals surface area contributed by atoms with Crippen LogP contribution in [0.4, 0.5) is 17.1 Å². The Bertz CT molecular complexity index is 3130. The minimum atomic E-state index is -0.0841. The maximum atomic E-state index is 2.43. The van der Waals surface area contributed by atoms with Crippen molar-refractivity contribution >= 4 is 70.1 Å². The highest BCUT2D eigenvalue weighted by Gasteiger charge is 2.35. The van der Waals surface area contributed by atoms with E-state index in [9.17, 15) is 0 Å². The molecule has 1 aliphatic rings. The van der Waals surface area contributed by atoms with Crippen molar-refractivity contribution in [3.05, 3.63) is 199 Å². The molecule has 9 aromatic carbocycles. The number of hydrogen-bond acceptors (Lipinski definition) is 2. The molecule has 0 bridgehead atoms. The standard InChI is InChI=1S/C53H37NS/c1-53(2)49-13-7-5-11-45(49)46-27-25-43(32-50(46)53)54(44-26-28-48-47-12-6-8-14-51(47)55-52(48)33-44)42-23-21-35(22-24-42)37-17-18-40-31-41(20-19-39(40)30-37)38-16-15-34-9-3-4-10-36(34)29-38/h3-33H,1-2H3. The minimum absolute atomic E-state index is 0.0841. The molecule has 1 aromatic heterocycles. The van der Waals surface area contributed by atoms with Gasteiger partial charge in [-0.15, -0.1) is 11.3 Å². The Hall–Kier alpha value is -6.48. The molecule has 0 fully saturated rings. The Morgan fingerprint density at radius 3 is 1.67 bits per heavy atom. The SMILES string of the molecule is CC1(C)c2ccccc2-c2ccc(N(c3ccc(-c4ccc5cc(-c6ccc7ccccc7c6)ccc5c4)cc3)c3ccc4c(c3)sc3ccccc34)cc21. The quantitative estimate of drug-likeness (QED) is 0.171. The molecule has 55 heavy (non-hydrogen) atoms. The summed E-state index contributed by atoms with van der Waals surface area (Å²) in [5.41, 5.74) is 13.7. The van der Waals surface area contributed by atoms with Gasteiger partial charge in [-0.3, -0.25) is 0 Å². The van der Waals surface area contributed by atoms with E-state index in [2.05, 4.69) is 207 Å². The first-order valence-electron chi connectivity index (χ1n) is 19.1. The van der Waals surface area contributed by atoms with Crippen LogP contribution in [0.1, 0.15) is 25.0 Å². The number of fused-ring (bicyclic) bond motifs is 8. The average molecular weight is 720 g/mol. The molecule has 0 N–H and O–H groups in total. The monoisotopic (exact) mass is 719 g/mol. The molecule has 1 nitrogen and oxygen atoms in total. The summed E-state index contributed by atoms with van der Waals surface area (Å²) in [4.78, 5) is 2.43. The largest absolute Gasteiger partial charge is 0.310 e.